The highest BCUT2D eigenvalue weighted by molar-refractivity contribution is 5.62. The van der Waals surface area contributed by atoms with E-state index in [1.807, 2.05) is 0 Å². The minimum Gasteiger partial charge on any atom is -0.382 e. The standard InChI is InChI=1S/C17H28N2/c1-13-6-7-15(12-16(13)19(4)5)18-14-8-10-17(2,3)11-9-14/h6-7,12,14,18H,8-11H2,1-5H3. The van der Waals surface area contributed by atoms with Gasteiger partial charge < -0.3 is 10.2 Å². The molecule has 1 saturated carbocycles. The van der Waals surface area contributed by atoms with E-state index in [0.717, 1.165) is 0 Å². The molecule has 2 heteroatoms. The van der Waals surface area contributed by atoms with Crippen molar-refractivity contribution in [1.29, 1.82) is 0 Å². The summed E-state index contributed by atoms with van der Waals surface area (Å²) in [5.74, 6) is 0. The van der Waals surface area contributed by atoms with Gasteiger partial charge in [0.25, 0.3) is 0 Å². The summed E-state index contributed by atoms with van der Waals surface area (Å²) in [6, 6.07) is 7.34. The molecule has 0 heterocycles. The summed E-state index contributed by atoms with van der Waals surface area (Å²) < 4.78 is 0. The Morgan fingerprint density at radius 3 is 2.37 bits per heavy atom. The SMILES string of the molecule is Cc1ccc(NC2CCC(C)(C)CC2)cc1N(C)C. The molecule has 0 atom stereocenters. The van der Waals surface area contributed by atoms with Gasteiger partial charge in [0.05, 0.1) is 0 Å². The van der Waals surface area contributed by atoms with Crippen LogP contribution in [0.3, 0.4) is 0 Å². The third kappa shape index (κ3) is 3.65. The van der Waals surface area contributed by atoms with Crippen molar-refractivity contribution in [3.63, 3.8) is 0 Å². The molecular formula is C17H28N2. The minimum absolute atomic E-state index is 0.542. The molecule has 1 aliphatic rings. The van der Waals surface area contributed by atoms with Crippen LogP contribution in [0.1, 0.15) is 45.1 Å². The Morgan fingerprint density at radius 1 is 1.16 bits per heavy atom. The summed E-state index contributed by atoms with van der Waals surface area (Å²) >= 11 is 0. The molecule has 2 nitrogen and oxygen atoms in total. The Bertz CT molecular complexity index is 425. The number of benzene rings is 1. The molecule has 0 aromatic heterocycles. The third-order valence-corrected chi connectivity index (χ3v) is 4.40. The van der Waals surface area contributed by atoms with E-state index in [-0.39, 0.29) is 0 Å². The molecule has 1 aliphatic carbocycles. The zero-order valence-electron chi connectivity index (χ0n) is 13.1. The van der Waals surface area contributed by atoms with Crippen molar-refractivity contribution in [3.05, 3.63) is 23.8 Å². The first-order valence-corrected chi connectivity index (χ1v) is 7.42. The van der Waals surface area contributed by atoms with Gasteiger partial charge in [-0.2, -0.15) is 0 Å². The number of aryl methyl sites for hydroxylation is 1. The van der Waals surface area contributed by atoms with Gasteiger partial charge in [-0.25, -0.2) is 0 Å². The summed E-state index contributed by atoms with van der Waals surface area (Å²) in [6.45, 7) is 6.95. The summed E-state index contributed by atoms with van der Waals surface area (Å²) in [6.07, 6.45) is 5.24. The fourth-order valence-corrected chi connectivity index (χ4v) is 2.96. The van der Waals surface area contributed by atoms with Gasteiger partial charge in [0.1, 0.15) is 0 Å². The number of nitrogens with one attached hydrogen (secondary N) is 1. The Labute approximate surface area is 118 Å². The highest BCUT2D eigenvalue weighted by atomic mass is 15.1. The van der Waals surface area contributed by atoms with Crippen LogP contribution in [-0.2, 0) is 0 Å². The van der Waals surface area contributed by atoms with E-state index in [9.17, 15) is 0 Å². The van der Waals surface area contributed by atoms with E-state index < -0.39 is 0 Å². The van der Waals surface area contributed by atoms with Gasteiger partial charge in [0.15, 0.2) is 0 Å². The van der Waals surface area contributed by atoms with Crippen LogP contribution in [0.5, 0.6) is 0 Å². The number of rotatable bonds is 3. The predicted molar refractivity (Wildman–Crippen MR) is 85.2 cm³/mol. The van der Waals surface area contributed by atoms with Crippen molar-refractivity contribution < 1.29 is 0 Å². The average molecular weight is 260 g/mol. The number of anilines is 2. The van der Waals surface area contributed by atoms with Gasteiger partial charge in [0, 0.05) is 31.5 Å². The molecule has 19 heavy (non-hydrogen) atoms. The van der Waals surface area contributed by atoms with Gasteiger partial charge in [0.2, 0.25) is 0 Å². The number of hydrogen-bond donors (Lipinski definition) is 1. The fraction of sp³-hybridized carbons (Fsp3) is 0.647. The minimum atomic E-state index is 0.542. The van der Waals surface area contributed by atoms with E-state index in [4.69, 9.17) is 0 Å². The quantitative estimate of drug-likeness (QED) is 0.864. The van der Waals surface area contributed by atoms with E-state index >= 15 is 0 Å². The lowest BCUT2D eigenvalue weighted by Crippen LogP contribution is -2.29. The lowest BCUT2D eigenvalue weighted by molar-refractivity contribution is 0.232. The Hall–Kier alpha value is -1.18. The van der Waals surface area contributed by atoms with Crippen LogP contribution < -0.4 is 10.2 Å². The van der Waals surface area contributed by atoms with Gasteiger partial charge in [-0.3, -0.25) is 0 Å². The number of nitrogens with zero attached hydrogens (tertiary/aromatic N) is 1. The second-order valence-electron chi connectivity index (χ2n) is 6.98. The van der Waals surface area contributed by atoms with E-state index in [2.05, 4.69) is 63.3 Å². The Kier molecular flexibility index (Phi) is 4.07. The average Bonchev–Trinajstić information content (AvgIpc) is 2.34. The molecule has 1 aromatic carbocycles. The molecule has 106 valence electrons. The molecule has 0 amide bonds. The van der Waals surface area contributed by atoms with Crippen molar-refractivity contribution in [2.45, 2.75) is 52.5 Å². The first-order chi connectivity index (χ1) is 8.87. The second kappa shape index (κ2) is 5.44. The second-order valence-corrected chi connectivity index (χ2v) is 6.98. The van der Waals surface area contributed by atoms with Crippen LogP contribution in [0, 0.1) is 12.3 Å². The van der Waals surface area contributed by atoms with Crippen LogP contribution in [0.15, 0.2) is 18.2 Å². The summed E-state index contributed by atoms with van der Waals surface area (Å²) in [5, 5.41) is 3.71. The Morgan fingerprint density at radius 2 is 1.79 bits per heavy atom. The predicted octanol–water partition coefficient (Wildman–Crippen LogP) is 4.44. The highest BCUT2D eigenvalue weighted by Crippen LogP contribution is 2.36. The van der Waals surface area contributed by atoms with E-state index in [0.29, 0.717) is 11.5 Å². The van der Waals surface area contributed by atoms with Gasteiger partial charge in [-0.05, 0) is 55.7 Å². The Balaban J connectivity index is 2.02. The molecule has 0 radical (unpaired) electrons. The summed E-state index contributed by atoms with van der Waals surface area (Å²) in [5.41, 5.74) is 4.45. The van der Waals surface area contributed by atoms with E-state index in [1.165, 1.54) is 42.6 Å². The fourth-order valence-electron chi connectivity index (χ4n) is 2.96. The van der Waals surface area contributed by atoms with Crippen LogP contribution in [0.25, 0.3) is 0 Å². The lowest BCUT2D eigenvalue weighted by Gasteiger charge is -2.35. The summed E-state index contributed by atoms with van der Waals surface area (Å²) in [7, 11) is 4.21. The molecule has 1 N–H and O–H groups in total. The molecule has 0 spiro atoms. The zero-order chi connectivity index (χ0) is 14.0. The summed E-state index contributed by atoms with van der Waals surface area (Å²) in [4.78, 5) is 2.19. The van der Waals surface area contributed by atoms with Crippen molar-refractivity contribution in [1.82, 2.24) is 0 Å². The topological polar surface area (TPSA) is 15.3 Å². The largest absolute Gasteiger partial charge is 0.382 e. The third-order valence-electron chi connectivity index (χ3n) is 4.40. The van der Waals surface area contributed by atoms with Gasteiger partial charge >= 0.3 is 0 Å². The van der Waals surface area contributed by atoms with Crippen LogP contribution in [0.4, 0.5) is 11.4 Å². The normalized spacial score (nSPS) is 19.2. The van der Waals surface area contributed by atoms with Crippen LogP contribution in [0.2, 0.25) is 0 Å². The molecule has 0 aliphatic heterocycles. The van der Waals surface area contributed by atoms with Gasteiger partial charge in [-0.1, -0.05) is 19.9 Å². The van der Waals surface area contributed by atoms with E-state index in [1.54, 1.807) is 0 Å². The zero-order valence-corrected chi connectivity index (χ0v) is 13.1. The van der Waals surface area contributed by atoms with Crippen molar-refractivity contribution >= 4 is 11.4 Å². The molecule has 2 rings (SSSR count). The molecule has 0 bridgehead atoms. The molecular weight excluding hydrogens is 232 g/mol. The first kappa shape index (κ1) is 14.2. The van der Waals surface area contributed by atoms with Crippen molar-refractivity contribution in [3.8, 4) is 0 Å². The van der Waals surface area contributed by atoms with Crippen LogP contribution in [-0.4, -0.2) is 20.1 Å². The highest BCUT2D eigenvalue weighted by Gasteiger charge is 2.26. The smallest absolute Gasteiger partial charge is 0.0411 e. The first-order valence-electron chi connectivity index (χ1n) is 7.42. The molecule has 1 fully saturated rings. The maximum atomic E-state index is 3.71. The molecule has 0 unspecified atom stereocenters. The van der Waals surface area contributed by atoms with Gasteiger partial charge in [-0.15, -0.1) is 0 Å². The maximum Gasteiger partial charge on any atom is 0.0411 e. The monoisotopic (exact) mass is 260 g/mol. The van der Waals surface area contributed by atoms with Crippen LogP contribution >= 0.6 is 0 Å². The number of hydrogen-bond acceptors (Lipinski definition) is 2. The lowest BCUT2D eigenvalue weighted by atomic mass is 9.75. The molecule has 0 saturated heterocycles. The van der Waals surface area contributed by atoms with Crippen molar-refractivity contribution in [2.75, 3.05) is 24.3 Å². The van der Waals surface area contributed by atoms with Crippen molar-refractivity contribution in [2.24, 2.45) is 5.41 Å². The molecule has 1 aromatic rings. The maximum absolute atomic E-state index is 3.71.